The summed E-state index contributed by atoms with van der Waals surface area (Å²) in [6, 6.07) is 12.0. The number of aromatic nitrogens is 6. The highest BCUT2D eigenvalue weighted by molar-refractivity contribution is 9.93. The molecule has 5 fully saturated rings. The summed E-state index contributed by atoms with van der Waals surface area (Å²) >= 11 is 22.3. The largest absolute Gasteiger partial charge is 0.496 e. The van der Waals surface area contributed by atoms with Crippen LogP contribution in [0.25, 0.3) is 11.1 Å². The minimum Gasteiger partial charge on any atom is -0.399 e. The number of hydrogen-bond acceptors (Lipinski definition) is 14. The van der Waals surface area contributed by atoms with Crippen molar-refractivity contribution in [3.63, 3.8) is 0 Å². The molecule has 6 aromatic rings. The molecule has 0 radical (unpaired) electrons. The number of alkyl halides is 2. The molecule has 5 saturated heterocycles. The molecule has 8 N–H and O–H groups in total. The van der Waals surface area contributed by atoms with Gasteiger partial charge in [-0.2, -0.15) is 0 Å². The van der Waals surface area contributed by atoms with Gasteiger partial charge in [-0.1, -0.05) is 37.9 Å². The predicted molar refractivity (Wildman–Crippen MR) is 368 cm³/mol. The van der Waals surface area contributed by atoms with Crippen LogP contribution in [0.2, 0.25) is 0 Å². The van der Waals surface area contributed by atoms with Gasteiger partial charge in [0, 0.05) is 159 Å². The van der Waals surface area contributed by atoms with Crippen LogP contribution in [0.15, 0.2) is 112 Å². The van der Waals surface area contributed by atoms with E-state index in [-0.39, 0.29) is 47.0 Å². The molecule has 0 spiro atoms. The lowest BCUT2D eigenvalue weighted by Crippen LogP contribution is -2.41. The van der Waals surface area contributed by atoms with E-state index in [9.17, 15) is 24.0 Å². The zero-order valence-corrected chi connectivity index (χ0v) is 60.4. The number of carbonyl (C=O) groups is 5. The second-order valence-corrected chi connectivity index (χ2v) is 29.5. The Morgan fingerprint density at radius 1 is 0.551 bits per heavy atom. The normalized spacial score (nSPS) is 21.4. The van der Waals surface area contributed by atoms with Crippen molar-refractivity contribution in [1.29, 1.82) is 0 Å². The number of nitrogens with one attached hydrogen (secondary N) is 4. The molecule has 13 rings (SSSR count). The molecule has 6 aromatic heterocycles. The van der Waals surface area contributed by atoms with Gasteiger partial charge < -0.3 is 42.0 Å². The Balaban J connectivity index is 0.000000147. The Morgan fingerprint density at radius 2 is 1.00 bits per heavy atom. The first-order valence-corrected chi connectivity index (χ1v) is 36.5. The molecule has 7 aliphatic heterocycles. The maximum Gasteiger partial charge on any atom is 0.496 e. The third kappa shape index (κ3) is 18.5. The Kier molecular flexibility index (Phi) is 24.9. The van der Waals surface area contributed by atoms with E-state index in [0.717, 1.165) is 103 Å². The molecule has 29 heteroatoms. The van der Waals surface area contributed by atoms with E-state index in [1.807, 2.05) is 70.4 Å². The van der Waals surface area contributed by atoms with Crippen molar-refractivity contribution in [2.24, 2.45) is 11.5 Å². The van der Waals surface area contributed by atoms with E-state index in [0.29, 0.717) is 50.0 Å². The van der Waals surface area contributed by atoms with Crippen molar-refractivity contribution in [2.75, 3.05) is 29.4 Å². The molecule has 7 aliphatic rings. The SMILES string of the molecule is BrBr.Brc1cncc(C2CCCN2)c1.CC1(C)OB(c2cnc3c(c2)CCCN3C(N)=O)OC1(C)C.NC(=O)N1CCCc2cc(-c3cncc(C4CCC(=O)N4)c3)cnc21.O=C1CCC(c2cncc(Br)c2)N1.O=C1NC(c2cncc(Br)c2)CC1(Br)Br. The first kappa shape index (κ1) is 70.0. The molecule has 0 bridgehead atoms. The first-order valence-electron chi connectivity index (χ1n) is 28.8. The number of hydrogen-bond donors (Lipinski definition) is 6. The second kappa shape index (κ2) is 31.7. The Hall–Kier alpha value is -4.85. The number of halogens is 7. The number of nitrogens with zero attached hydrogens (tertiary/aromatic N) is 8. The number of urea groups is 2. The minimum atomic E-state index is -0.646. The molecule has 472 valence electrons. The third-order valence-corrected chi connectivity index (χ3v) is 18.8. The number of nitrogens with two attached hydrogens (primary N) is 2. The van der Waals surface area contributed by atoms with Crippen molar-refractivity contribution in [3.8, 4) is 11.1 Å². The summed E-state index contributed by atoms with van der Waals surface area (Å²) in [6.07, 6.45) is 27.3. The molecular weight excluding hydrogens is 1600 g/mol. The molecule has 13 heterocycles. The first-order chi connectivity index (χ1) is 42.4. The maximum absolute atomic E-state index is 11.6. The Bertz CT molecular complexity index is 3500. The lowest BCUT2D eigenvalue weighted by Gasteiger charge is -2.32. The number of rotatable bonds is 6. The molecule has 89 heavy (non-hydrogen) atoms. The van der Waals surface area contributed by atoms with Crippen molar-refractivity contribution >= 4 is 162 Å². The average Bonchev–Trinajstić information content (AvgIpc) is 1.79. The van der Waals surface area contributed by atoms with Crippen LogP contribution in [0.5, 0.6) is 0 Å². The van der Waals surface area contributed by atoms with Crippen LogP contribution >= 0.6 is 108 Å². The van der Waals surface area contributed by atoms with Crippen LogP contribution in [-0.4, -0.2) is 101 Å². The Morgan fingerprint density at radius 3 is 1.44 bits per heavy atom. The van der Waals surface area contributed by atoms with Gasteiger partial charge in [-0.05, 0) is 197 Å². The maximum atomic E-state index is 11.6. The number of primary amides is 2. The smallest absolute Gasteiger partial charge is 0.399 e. The van der Waals surface area contributed by atoms with Crippen molar-refractivity contribution < 1.29 is 33.3 Å². The van der Waals surface area contributed by atoms with Crippen LogP contribution in [-0.2, 0) is 36.5 Å². The summed E-state index contributed by atoms with van der Waals surface area (Å²) in [4.78, 5) is 85.5. The van der Waals surface area contributed by atoms with Gasteiger partial charge >= 0.3 is 19.2 Å². The minimum absolute atomic E-state index is 0.00116. The fraction of sp³-hybridized carbons (Fsp3) is 0.417. The van der Waals surface area contributed by atoms with E-state index < -0.39 is 22.4 Å². The van der Waals surface area contributed by atoms with Gasteiger partial charge in [-0.15, -0.1) is 0 Å². The standard InChI is InChI=1S/C18H19N5O2.C15H22BN3O3.C9H7Br3N2O.C9H9BrN2O.C9H11BrN2.Br2/c19-18(25)23-5-1-2-11-6-13(10-21-17(11)23)12-7-14(9-20-8-12)15-3-4-16(24)22-15;1-14(2)15(3,4)22-16(21-14)11-8-10-6-5-7-19(13(17)20)12(10)18-9-11;10-6-1-5(3-13-4-6)7-2-9(11,12)8(15)14-7;10-7-3-6(4-11-5-7)8-1-2-9(13)12-8;10-8-4-7(5-11-6-8)9-2-1-3-12-9;1-2/h6-10,15H,1-5H2,(H2,19,25)(H,22,24);8-9H,5-7H2,1-4H3,(H2,17,20);1,3-4,7H,2H2,(H,14,15);3-5,8H,1-2H2,(H,12,13);4-6,9,12H,1-3H2;. The van der Waals surface area contributed by atoms with Gasteiger partial charge in [0.25, 0.3) is 0 Å². The number of carbonyl (C=O) groups excluding carboxylic acids is 5. The molecule has 4 unspecified atom stereocenters. The van der Waals surface area contributed by atoms with Crippen molar-refractivity contribution in [2.45, 2.75) is 137 Å². The van der Waals surface area contributed by atoms with E-state index in [1.54, 1.807) is 49.6 Å². The quantitative estimate of drug-likeness (QED) is 0.0668. The molecule has 0 aliphatic carbocycles. The van der Waals surface area contributed by atoms with Gasteiger partial charge in [-0.25, -0.2) is 19.6 Å². The van der Waals surface area contributed by atoms with Crippen molar-refractivity contribution in [3.05, 3.63) is 145 Å². The van der Waals surface area contributed by atoms with Crippen molar-refractivity contribution in [1.82, 2.24) is 51.2 Å². The highest BCUT2D eigenvalue weighted by atomic mass is 80.9. The fourth-order valence-electron chi connectivity index (χ4n) is 10.9. The topological polar surface area (TPSA) is 288 Å². The van der Waals surface area contributed by atoms with E-state index in [4.69, 9.17) is 20.8 Å². The van der Waals surface area contributed by atoms with Crippen LogP contribution < -0.4 is 48.0 Å². The fourth-order valence-corrected chi connectivity index (χ4v) is 12.9. The van der Waals surface area contributed by atoms with Crippen LogP contribution in [0.4, 0.5) is 21.2 Å². The zero-order valence-electron chi connectivity index (χ0n) is 49.3. The predicted octanol–water partition coefficient (Wildman–Crippen LogP) is 11.8. The van der Waals surface area contributed by atoms with Gasteiger partial charge in [0.15, 0.2) is 3.23 Å². The summed E-state index contributed by atoms with van der Waals surface area (Å²) in [6.45, 7) is 10.4. The van der Waals surface area contributed by atoms with Gasteiger partial charge in [0.1, 0.15) is 11.6 Å². The van der Waals surface area contributed by atoms with Gasteiger partial charge in [-0.3, -0.25) is 44.1 Å². The lowest BCUT2D eigenvalue weighted by molar-refractivity contribution is -0.120. The summed E-state index contributed by atoms with van der Waals surface area (Å²) in [7, 11) is -0.438. The summed E-state index contributed by atoms with van der Waals surface area (Å²) in [5.74, 6) is 1.46. The number of anilines is 2. The molecule has 0 saturated carbocycles. The lowest BCUT2D eigenvalue weighted by atomic mass is 9.79. The highest BCUT2D eigenvalue weighted by Crippen LogP contribution is 2.42. The summed E-state index contributed by atoms with van der Waals surface area (Å²) < 4.78 is 14.4. The second-order valence-electron chi connectivity index (χ2n) is 23.0. The van der Waals surface area contributed by atoms with E-state index >= 15 is 0 Å². The van der Waals surface area contributed by atoms with Crippen LogP contribution in [0.3, 0.4) is 0 Å². The van der Waals surface area contributed by atoms with Crippen LogP contribution in [0.1, 0.15) is 143 Å². The van der Waals surface area contributed by atoms with Gasteiger partial charge in [0.2, 0.25) is 17.7 Å². The molecular formula is C60H68BBr7N14O7. The Labute approximate surface area is 575 Å². The number of pyridine rings is 6. The van der Waals surface area contributed by atoms with Gasteiger partial charge in [0.05, 0.1) is 29.3 Å². The summed E-state index contributed by atoms with van der Waals surface area (Å²) in [5.41, 5.74) is 19.2. The molecule has 7 amide bonds. The monoisotopic (exact) mass is 1660 g/mol. The molecule has 21 nitrogen and oxygen atoms in total. The third-order valence-electron chi connectivity index (χ3n) is 16.2. The number of amides is 7. The molecule has 4 atom stereocenters. The average molecular weight is 1670 g/mol. The molecule has 0 aromatic carbocycles. The highest BCUT2D eigenvalue weighted by Gasteiger charge is 2.52. The number of fused-ring (bicyclic) bond motifs is 2. The number of aryl methyl sites for hydroxylation is 2. The van der Waals surface area contributed by atoms with E-state index in [2.05, 4.69) is 165 Å². The summed E-state index contributed by atoms with van der Waals surface area (Å²) in [5, 5.41) is 12.2. The van der Waals surface area contributed by atoms with Crippen LogP contribution in [0, 0.1) is 0 Å². The zero-order chi connectivity index (χ0) is 64.2. The van der Waals surface area contributed by atoms with E-state index in [1.165, 1.54) is 28.2 Å².